The number of aromatic nitrogens is 1. The summed E-state index contributed by atoms with van der Waals surface area (Å²) in [5.41, 5.74) is 2.63. The molecule has 0 saturated heterocycles. The monoisotopic (exact) mass is 263 g/mol. The van der Waals surface area contributed by atoms with Gasteiger partial charge in [-0.3, -0.25) is 4.98 Å². The fourth-order valence-corrected chi connectivity index (χ4v) is 2.19. The van der Waals surface area contributed by atoms with Gasteiger partial charge in [-0.25, -0.2) is 0 Å². The van der Waals surface area contributed by atoms with E-state index in [4.69, 9.17) is 0 Å². The second kappa shape index (κ2) is 9.05. The summed E-state index contributed by atoms with van der Waals surface area (Å²) in [7, 11) is 4.22. The van der Waals surface area contributed by atoms with Gasteiger partial charge in [-0.05, 0) is 44.6 Å². The molecule has 3 nitrogen and oxygen atoms in total. The summed E-state index contributed by atoms with van der Waals surface area (Å²) in [4.78, 5) is 6.71. The van der Waals surface area contributed by atoms with Crippen molar-refractivity contribution in [2.24, 2.45) is 0 Å². The van der Waals surface area contributed by atoms with Gasteiger partial charge in [-0.2, -0.15) is 0 Å². The van der Waals surface area contributed by atoms with Crippen LogP contribution in [0.4, 0.5) is 0 Å². The predicted octanol–water partition coefficient (Wildman–Crippen LogP) is 2.51. The lowest BCUT2D eigenvalue weighted by molar-refractivity contribution is 0.378. The smallest absolute Gasteiger partial charge is 0.0421 e. The van der Waals surface area contributed by atoms with Gasteiger partial charge in [-0.1, -0.05) is 20.3 Å². The van der Waals surface area contributed by atoms with Crippen LogP contribution in [0.25, 0.3) is 0 Å². The Morgan fingerprint density at radius 1 is 1.32 bits per heavy atom. The van der Waals surface area contributed by atoms with Crippen molar-refractivity contribution in [1.82, 2.24) is 15.2 Å². The first-order valence-corrected chi connectivity index (χ1v) is 7.47. The summed E-state index contributed by atoms with van der Waals surface area (Å²) in [5, 5.41) is 3.62. The molecule has 19 heavy (non-hydrogen) atoms. The zero-order chi connectivity index (χ0) is 14.1. The van der Waals surface area contributed by atoms with Crippen LogP contribution in [-0.2, 0) is 12.8 Å². The lowest BCUT2D eigenvalue weighted by Gasteiger charge is -2.18. The first-order chi connectivity index (χ1) is 9.15. The first kappa shape index (κ1) is 16.1. The highest BCUT2D eigenvalue weighted by atomic mass is 15.1. The average Bonchev–Trinajstić information content (AvgIpc) is 2.38. The Kier molecular flexibility index (Phi) is 7.68. The first-order valence-electron chi connectivity index (χ1n) is 7.47. The molecule has 1 N–H and O–H groups in total. The number of hydrogen-bond donors (Lipinski definition) is 1. The van der Waals surface area contributed by atoms with Gasteiger partial charge >= 0.3 is 0 Å². The summed E-state index contributed by atoms with van der Waals surface area (Å²) in [6, 6.07) is 4.93. The van der Waals surface area contributed by atoms with Crippen molar-refractivity contribution in [3.63, 3.8) is 0 Å². The molecule has 0 spiro atoms. The largest absolute Gasteiger partial charge is 0.312 e. The standard InChI is InChI=1S/C16H29N3/c1-5-7-14-8-9-17-16(12-14)13-15(6-2)18-10-11-19(3)4/h8-9,12,15,18H,5-7,10-11,13H2,1-4H3. The third-order valence-electron chi connectivity index (χ3n) is 3.36. The van der Waals surface area contributed by atoms with Crippen LogP contribution in [0.1, 0.15) is 37.9 Å². The van der Waals surface area contributed by atoms with Gasteiger partial charge in [0.05, 0.1) is 0 Å². The van der Waals surface area contributed by atoms with Gasteiger partial charge in [-0.15, -0.1) is 0 Å². The molecular weight excluding hydrogens is 234 g/mol. The Morgan fingerprint density at radius 2 is 2.11 bits per heavy atom. The van der Waals surface area contributed by atoms with E-state index < -0.39 is 0 Å². The molecule has 1 rings (SSSR count). The molecule has 0 aliphatic carbocycles. The Balaban J connectivity index is 2.47. The number of rotatable bonds is 9. The number of nitrogens with zero attached hydrogens (tertiary/aromatic N) is 2. The van der Waals surface area contributed by atoms with Gasteiger partial charge in [0, 0.05) is 37.4 Å². The lowest BCUT2D eigenvalue weighted by atomic mass is 10.1. The maximum atomic E-state index is 4.50. The molecule has 0 saturated carbocycles. The molecule has 0 aliphatic heterocycles. The molecule has 0 amide bonds. The van der Waals surface area contributed by atoms with Gasteiger partial charge < -0.3 is 10.2 Å². The lowest BCUT2D eigenvalue weighted by Crippen LogP contribution is -2.36. The van der Waals surface area contributed by atoms with E-state index in [1.54, 1.807) is 0 Å². The third kappa shape index (κ3) is 6.69. The third-order valence-corrected chi connectivity index (χ3v) is 3.36. The van der Waals surface area contributed by atoms with E-state index in [1.165, 1.54) is 17.7 Å². The zero-order valence-corrected chi connectivity index (χ0v) is 12.9. The maximum absolute atomic E-state index is 4.50. The fraction of sp³-hybridized carbons (Fsp3) is 0.688. The van der Waals surface area contributed by atoms with Crippen LogP contribution in [-0.4, -0.2) is 43.1 Å². The number of hydrogen-bond acceptors (Lipinski definition) is 3. The molecule has 0 aromatic carbocycles. The van der Waals surface area contributed by atoms with E-state index in [9.17, 15) is 0 Å². The Morgan fingerprint density at radius 3 is 2.74 bits per heavy atom. The summed E-state index contributed by atoms with van der Waals surface area (Å²) in [6.07, 6.45) is 6.48. The van der Waals surface area contributed by atoms with Crippen LogP contribution in [0.15, 0.2) is 18.3 Å². The van der Waals surface area contributed by atoms with Gasteiger partial charge in [0.15, 0.2) is 0 Å². The summed E-state index contributed by atoms with van der Waals surface area (Å²) in [6.45, 7) is 6.58. The predicted molar refractivity (Wildman–Crippen MR) is 82.6 cm³/mol. The minimum absolute atomic E-state index is 0.532. The summed E-state index contributed by atoms with van der Waals surface area (Å²) in [5.74, 6) is 0. The number of aryl methyl sites for hydroxylation is 1. The zero-order valence-electron chi connectivity index (χ0n) is 12.9. The van der Waals surface area contributed by atoms with Gasteiger partial charge in [0.1, 0.15) is 0 Å². The Labute approximate surface area is 118 Å². The van der Waals surface area contributed by atoms with Crippen LogP contribution in [0.2, 0.25) is 0 Å². The van der Waals surface area contributed by atoms with Crippen molar-refractivity contribution in [2.45, 2.75) is 45.6 Å². The van der Waals surface area contributed by atoms with E-state index in [2.05, 4.69) is 55.3 Å². The highest BCUT2D eigenvalue weighted by Crippen LogP contribution is 2.08. The normalized spacial score (nSPS) is 12.9. The topological polar surface area (TPSA) is 28.2 Å². The van der Waals surface area contributed by atoms with Crippen LogP contribution >= 0.6 is 0 Å². The highest BCUT2D eigenvalue weighted by Gasteiger charge is 2.08. The molecular formula is C16H29N3. The highest BCUT2D eigenvalue weighted by molar-refractivity contribution is 5.17. The van der Waals surface area contributed by atoms with Crippen molar-refractivity contribution in [3.8, 4) is 0 Å². The Bertz CT molecular complexity index is 350. The molecule has 3 heteroatoms. The van der Waals surface area contributed by atoms with Crippen molar-refractivity contribution in [3.05, 3.63) is 29.6 Å². The van der Waals surface area contributed by atoms with Crippen LogP contribution in [0, 0.1) is 0 Å². The molecule has 1 atom stereocenters. The van der Waals surface area contributed by atoms with Crippen molar-refractivity contribution >= 4 is 0 Å². The van der Waals surface area contributed by atoms with Crippen LogP contribution < -0.4 is 5.32 Å². The molecule has 1 aromatic rings. The molecule has 0 fully saturated rings. The van der Waals surface area contributed by atoms with Crippen LogP contribution in [0.3, 0.4) is 0 Å². The number of pyridine rings is 1. The molecule has 0 bridgehead atoms. The molecule has 0 aliphatic rings. The van der Waals surface area contributed by atoms with E-state index in [0.717, 1.165) is 32.4 Å². The minimum Gasteiger partial charge on any atom is -0.312 e. The van der Waals surface area contributed by atoms with Crippen molar-refractivity contribution in [2.75, 3.05) is 27.2 Å². The molecule has 108 valence electrons. The SMILES string of the molecule is CCCc1ccnc(CC(CC)NCCN(C)C)c1. The minimum atomic E-state index is 0.532. The summed E-state index contributed by atoms with van der Waals surface area (Å²) >= 11 is 0. The van der Waals surface area contributed by atoms with E-state index in [-0.39, 0.29) is 0 Å². The quantitative estimate of drug-likeness (QED) is 0.742. The van der Waals surface area contributed by atoms with Crippen molar-refractivity contribution < 1.29 is 0 Å². The Hall–Kier alpha value is -0.930. The van der Waals surface area contributed by atoms with E-state index in [1.807, 2.05) is 6.20 Å². The van der Waals surface area contributed by atoms with Crippen molar-refractivity contribution in [1.29, 1.82) is 0 Å². The van der Waals surface area contributed by atoms with Gasteiger partial charge in [0.2, 0.25) is 0 Å². The maximum Gasteiger partial charge on any atom is 0.0421 e. The molecule has 1 unspecified atom stereocenters. The second-order valence-corrected chi connectivity index (χ2v) is 5.47. The second-order valence-electron chi connectivity index (χ2n) is 5.47. The fourth-order valence-electron chi connectivity index (χ4n) is 2.19. The average molecular weight is 263 g/mol. The van der Waals surface area contributed by atoms with E-state index in [0.29, 0.717) is 6.04 Å². The van der Waals surface area contributed by atoms with Gasteiger partial charge in [0.25, 0.3) is 0 Å². The summed E-state index contributed by atoms with van der Waals surface area (Å²) < 4.78 is 0. The van der Waals surface area contributed by atoms with E-state index >= 15 is 0 Å². The number of nitrogens with one attached hydrogen (secondary N) is 1. The van der Waals surface area contributed by atoms with Crippen LogP contribution in [0.5, 0.6) is 0 Å². The molecule has 1 aromatic heterocycles. The number of likely N-dealkylation sites (N-methyl/N-ethyl adjacent to an activating group) is 1. The molecule has 1 heterocycles. The molecule has 0 radical (unpaired) electrons.